The Balaban J connectivity index is 1.22. The zero-order valence-electron chi connectivity index (χ0n) is 19.6. The number of fused-ring (bicyclic) bond motifs is 1. The highest BCUT2D eigenvalue weighted by molar-refractivity contribution is 5.96. The molecule has 34 heavy (non-hydrogen) atoms. The van der Waals surface area contributed by atoms with Crippen molar-refractivity contribution in [2.45, 2.75) is 43.9 Å². The third-order valence-corrected chi connectivity index (χ3v) is 7.02. The number of benzene rings is 2. The Kier molecular flexibility index (Phi) is 6.59. The second-order valence-electron chi connectivity index (χ2n) is 9.37. The lowest BCUT2D eigenvalue weighted by Gasteiger charge is -2.38. The number of ether oxygens (including phenoxy) is 2. The summed E-state index contributed by atoms with van der Waals surface area (Å²) in [5.41, 5.74) is 1.83. The summed E-state index contributed by atoms with van der Waals surface area (Å²) in [7, 11) is 1.68. The average molecular weight is 465 g/mol. The molecule has 2 aliphatic rings. The van der Waals surface area contributed by atoms with E-state index in [1.54, 1.807) is 13.2 Å². The molecule has 1 unspecified atom stereocenters. The Morgan fingerprint density at radius 3 is 2.82 bits per heavy atom. The van der Waals surface area contributed by atoms with Crippen LogP contribution in [0.25, 0.3) is 11.0 Å². The van der Waals surface area contributed by atoms with Gasteiger partial charge < -0.3 is 24.3 Å². The summed E-state index contributed by atoms with van der Waals surface area (Å²) in [4.78, 5) is 14.9. The van der Waals surface area contributed by atoms with Crippen LogP contribution < -0.4 is 10.1 Å². The molecule has 3 aromatic rings. The molecule has 0 radical (unpaired) electrons. The number of carbonyl (C=O) groups excluding carboxylic acids is 1. The summed E-state index contributed by atoms with van der Waals surface area (Å²) in [5, 5.41) is 15.1. The van der Waals surface area contributed by atoms with E-state index >= 15 is 0 Å². The summed E-state index contributed by atoms with van der Waals surface area (Å²) in [6.07, 6.45) is 3.39. The summed E-state index contributed by atoms with van der Waals surface area (Å²) in [6, 6.07) is 15.6. The van der Waals surface area contributed by atoms with Gasteiger partial charge in [0.15, 0.2) is 5.76 Å². The molecule has 2 saturated heterocycles. The van der Waals surface area contributed by atoms with Crippen LogP contribution in [0.4, 0.5) is 0 Å². The molecular weight excluding hydrogens is 432 g/mol. The number of methoxy groups -OCH3 is 1. The fourth-order valence-electron chi connectivity index (χ4n) is 4.94. The van der Waals surface area contributed by atoms with E-state index in [9.17, 15) is 9.90 Å². The lowest BCUT2D eigenvalue weighted by atomic mass is 9.84. The van der Waals surface area contributed by atoms with Crippen LogP contribution in [-0.4, -0.2) is 55.4 Å². The fourth-order valence-corrected chi connectivity index (χ4v) is 4.94. The zero-order chi connectivity index (χ0) is 23.5. The van der Waals surface area contributed by atoms with E-state index in [4.69, 9.17) is 13.9 Å². The lowest BCUT2D eigenvalue weighted by Crippen LogP contribution is -2.42. The molecule has 0 spiro atoms. The van der Waals surface area contributed by atoms with E-state index in [1.165, 1.54) is 5.56 Å². The van der Waals surface area contributed by atoms with Crippen LogP contribution in [0.1, 0.15) is 47.4 Å². The van der Waals surface area contributed by atoms with E-state index in [-0.39, 0.29) is 17.8 Å². The molecule has 0 saturated carbocycles. The van der Waals surface area contributed by atoms with Crippen molar-refractivity contribution in [2.24, 2.45) is 0 Å². The molecule has 1 atom stereocenters. The smallest absolute Gasteiger partial charge is 0.287 e. The highest BCUT2D eigenvalue weighted by Crippen LogP contribution is 2.35. The summed E-state index contributed by atoms with van der Waals surface area (Å²) < 4.78 is 16.7. The normalized spacial score (nSPS) is 20.5. The minimum absolute atomic E-state index is 0.0870. The quantitative estimate of drug-likeness (QED) is 0.553. The molecule has 3 heterocycles. The van der Waals surface area contributed by atoms with Crippen LogP contribution in [0, 0.1) is 0 Å². The summed E-state index contributed by atoms with van der Waals surface area (Å²) in [6.45, 7) is 3.68. The van der Waals surface area contributed by atoms with Gasteiger partial charge in [-0.2, -0.15) is 0 Å². The van der Waals surface area contributed by atoms with Gasteiger partial charge in [0.25, 0.3) is 5.91 Å². The largest absolute Gasteiger partial charge is 0.497 e. The number of aliphatic hydroxyl groups is 1. The Morgan fingerprint density at radius 2 is 2.06 bits per heavy atom. The van der Waals surface area contributed by atoms with Crippen molar-refractivity contribution in [1.82, 2.24) is 10.2 Å². The molecular formula is C27H32N2O5. The molecule has 1 aromatic heterocycles. The number of furan rings is 1. The van der Waals surface area contributed by atoms with Crippen LogP contribution in [0.5, 0.6) is 5.75 Å². The van der Waals surface area contributed by atoms with Gasteiger partial charge in [-0.05, 0) is 67.1 Å². The first-order valence-corrected chi connectivity index (χ1v) is 12.0. The predicted octanol–water partition coefficient (Wildman–Crippen LogP) is 3.83. The number of nitrogens with zero attached hydrogens (tertiary/aromatic N) is 1. The van der Waals surface area contributed by atoms with Crippen molar-refractivity contribution in [3.05, 3.63) is 65.4 Å². The van der Waals surface area contributed by atoms with Crippen molar-refractivity contribution >= 4 is 16.9 Å². The van der Waals surface area contributed by atoms with Crippen LogP contribution in [-0.2, 0) is 16.9 Å². The maximum Gasteiger partial charge on any atom is 0.287 e. The van der Waals surface area contributed by atoms with E-state index in [0.717, 1.165) is 55.8 Å². The van der Waals surface area contributed by atoms with Gasteiger partial charge in [0, 0.05) is 38.2 Å². The molecule has 0 bridgehead atoms. The molecule has 7 nitrogen and oxygen atoms in total. The van der Waals surface area contributed by atoms with E-state index in [0.29, 0.717) is 25.0 Å². The van der Waals surface area contributed by atoms with Crippen molar-refractivity contribution in [1.29, 1.82) is 0 Å². The highest BCUT2D eigenvalue weighted by Gasteiger charge is 2.34. The molecule has 0 aliphatic carbocycles. The predicted molar refractivity (Wildman–Crippen MR) is 129 cm³/mol. The monoisotopic (exact) mass is 464 g/mol. The van der Waals surface area contributed by atoms with Crippen molar-refractivity contribution in [3.8, 4) is 5.75 Å². The van der Waals surface area contributed by atoms with E-state index in [2.05, 4.69) is 22.3 Å². The van der Waals surface area contributed by atoms with Gasteiger partial charge in [0.2, 0.25) is 0 Å². The standard InChI is InChI=1S/C27H32N2O5/c1-32-22-5-2-4-19(14-22)18-29-11-9-27(31,10-12-29)21-7-8-24-20(15-21)16-25(34-24)26(30)28-17-23-6-3-13-33-23/h2,4-5,7-8,14-16,23,31H,3,6,9-13,17-18H2,1H3,(H,28,30). The number of hydrogen-bond donors (Lipinski definition) is 2. The van der Waals surface area contributed by atoms with Crippen LogP contribution >= 0.6 is 0 Å². The SMILES string of the molecule is COc1cccc(CN2CCC(O)(c3ccc4oc(C(=O)NCC5CCCO5)cc4c3)CC2)c1. The van der Waals surface area contributed by atoms with Crippen LogP contribution in [0.15, 0.2) is 52.9 Å². The van der Waals surface area contributed by atoms with Crippen molar-refractivity contribution < 1.29 is 23.8 Å². The third-order valence-electron chi connectivity index (χ3n) is 7.02. The Labute approximate surface area is 199 Å². The number of nitrogens with one attached hydrogen (secondary N) is 1. The number of carbonyl (C=O) groups is 1. The lowest BCUT2D eigenvalue weighted by molar-refractivity contribution is -0.0276. The number of likely N-dealkylation sites (tertiary alicyclic amines) is 1. The van der Waals surface area contributed by atoms with E-state index in [1.807, 2.05) is 30.3 Å². The molecule has 2 aromatic carbocycles. The maximum atomic E-state index is 12.5. The molecule has 180 valence electrons. The summed E-state index contributed by atoms with van der Waals surface area (Å²) >= 11 is 0. The minimum Gasteiger partial charge on any atom is -0.497 e. The van der Waals surface area contributed by atoms with Gasteiger partial charge in [0.1, 0.15) is 11.3 Å². The Hall–Kier alpha value is -2.87. The fraction of sp³-hybridized carbons (Fsp3) is 0.444. The highest BCUT2D eigenvalue weighted by atomic mass is 16.5. The van der Waals surface area contributed by atoms with Gasteiger partial charge in [-0.25, -0.2) is 0 Å². The molecule has 5 rings (SSSR count). The topological polar surface area (TPSA) is 84.2 Å². The van der Waals surface area contributed by atoms with Gasteiger partial charge in [-0.3, -0.25) is 9.69 Å². The number of hydrogen-bond acceptors (Lipinski definition) is 6. The number of amides is 1. The first-order valence-electron chi connectivity index (χ1n) is 12.0. The molecule has 2 fully saturated rings. The molecule has 2 aliphatic heterocycles. The Morgan fingerprint density at radius 1 is 1.21 bits per heavy atom. The second-order valence-corrected chi connectivity index (χ2v) is 9.37. The van der Waals surface area contributed by atoms with Gasteiger partial charge in [-0.1, -0.05) is 18.2 Å². The average Bonchev–Trinajstić information content (AvgIpc) is 3.54. The Bertz CT molecular complexity index is 1140. The van der Waals surface area contributed by atoms with Crippen molar-refractivity contribution in [3.63, 3.8) is 0 Å². The number of piperidine rings is 1. The summed E-state index contributed by atoms with van der Waals surface area (Å²) in [5.74, 6) is 0.905. The molecule has 7 heteroatoms. The first kappa shape index (κ1) is 22.9. The maximum absolute atomic E-state index is 12.5. The second kappa shape index (κ2) is 9.78. The first-order chi connectivity index (χ1) is 16.5. The van der Waals surface area contributed by atoms with Gasteiger partial charge in [-0.15, -0.1) is 0 Å². The molecule has 1 amide bonds. The number of rotatable bonds is 7. The molecule has 2 N–H and O–H groups in total. The van der Waals surface area contributed by atoms with Gasteiger partial charge >= 0.3 is 0 Å². The van der Waals surface area contributed by atoms with Gasteiger partial charge in [0.05, 0.1) is 18.8 Å². The van der Waals surface area contributed by atoms with E-state index < -0.39 is 5.60 Å². The third kappa shape index (κ3) is 4.97. The van der Waals surface area contributed by atoms with Crippen LogP contribution in [0.2, 0.25) is 0 Å². The zero-order valence-corrected chi connectivity index (χ0v) is 19.6. The van der Waals surface area contributed by atoms with Crippen LogP contribution in [0.3, 0.4) is 0 Å². The van der Waals surface area contributed by atoms with Crippen molar-refractivity contribution in [2.75, 3.05) is 33.4 Å². The minimum atomic E-state index is -0.890.